The Morgan fingerprint density at radius 2 is 2.06 bits per heavy atom. The second kappa shape index (κ2) is 5.30. The van der Waals surface area contributed by atoms with Crippen LogP contribution in [0.2, 0.25) is 5.02 Å². The minimum absolute atomic E-state index is 0.170. The third-order valence-electron chi connectivity index (χ3n) is 3.02. The molecule has 3 unspecified atom stereocenters. The summed E-state index contributed by atoms with van der Waals surface area (Å²) in [5.41, 5.74) is 5.91. The Labute approximate surface area is 104 Å². The van der Waals surface area contributed by atoms with Crippen molar-refractivity contribution in [1.29, 1.82) is 0 Å². The van der Waals surface area contributed by atoms with E-state index < -0.39 is 10.8 Å². The molecule has 1 aliphatic rings. The lowest BCUT2D eigenvalue weighted by Gasteiger charge is -2.26. The van der Waals surface area contributed by atoms with Gasteiger partial charge in [-0.1, -0.05) is 30.2 Å². The van der Waals surface area contributed by atoms with Crippen molar-refractivity contribution in [2.75, 3.05) is 0 Å². The van der Waals surface area contributed by atoms with Gasteiger partial charge in [-0.05, 0) is 31.4 Å². The Balaban J connectivity index is 2.16. The minimum atomic E-state index is -1.01. The van der Waals surface area contributed by atoms with Crippen molar-refractivity contribution in [3.05, 3.63) is 29.3 Å². The molecule has 0 radical (unpaired) electrons. The number of rotatable bonds is 2. The highest BCUT2D eigenvalue weighted by Gasteiger charge is 2.26. The first-order chi connectivity index (χ1) is 7.68. The van der Waals surface area contributed by atoms with E-state index in [-0.39, 0.29) is 11.3 Å². The number of halogens is 1. The molecular formula is C12H16ClNOS. The second-order valence-corrected chi connectivity index (χ2v) is 6.39. The molecule has 0 spiro atoms. The lowest BCUT2D eigenvalue weighted by atomic mass is 9.96. The van der Waals surface area contributed by atoms with Gasteiger partial charge in [0, 0.05) is 11.3 Å². The third-order valence-corrected chi connectivity index (χ3v) is 5.29. The van der Waals surface area contributed by atoms with Gasteiger partial charge in [-0.15, -0.1) is 0 Å². The average molecular weight is 258 g/mol. The molecule has 0 aromatic heterocycles. The lowest BCUT2D eigenvalue weighted by molar-refractivity contribution is 0.444. The fraction of sp³-hybridized carbons (Fsp3) is 0.500. The predicted molar refractivity (Wildman–Crippen MR) is 68.1 cm³/mol. The molecule has 3 atom stereocenters. The van der Waals surface area contributed by atoms with Crippen LogP contribution < -0.4 is 5.73 Å². The Morgan fingerprint density at radius 3 is 2.75 bits per heavy atom. The first kappa shape index (κ1) is 12.1. The van der Waals surface area contributed by atoms with Crippen LogP contribution in [0, 0.1) is 0 Å². The first-order valence-electron chi connectivity index (χ1n) is 5.59. The number of benzene rings is 1. The summed E-state index contributed by atoms with van der Waals surface area (Å²) in [5, 5.41) is 0.767. The molecule has 88 valence electrons. The van der Waals surface area contributed by atoms with Crippen molar-refractivity contribution in [3.63, 3.8) is 0 Å². The zero-order valence-corrected chi connectivity index (χ0v) is 10.6. The second-order valence-electron chi connectivity index (χ2n) is 4.28. The molecule has 1 aliphatic carbocycles. The lowest BCUT2D eigenvalue weighted by Crippen LogP contribution is -2.33. The van der Waals surface area contributed by atoms with Gasteiger partial charge in [-0.3, -0.25) is 4.21 Å². The Bertz CT molecular complexity index is 396. The number of hydrogen-bond acceptors (Lipinski definition) is 2. The summed E-state index contributed by atoms with van der Waals surface area (Å²) in [7, 11) is -1.01. The van der Waals surface area contributed by atoms with Gasteiger partial charge in [0.25, 0.3) is 0 Å². The quantitative estimate of drug-likeness (QED) is 0.885. The summed E-state index contributed by atoms with van der Waals surface area (Å²) in [6, 6.07) is 7.57. The Kier molecular flexibility index (Phi) is 4.00. The maximum atomic E-state index is 12.3. The number of hydrogen-bond donors (Lipinski definition) is 1. The molecule has 16 heavy (non-hydrogen) atoms. The highest BCUT2D eigenvalue weighted by atomic mass is 35.5. The fourth-order valence-electron chi connectivity index (χ4n) is 2.16. The molecule has 2 nitrogen and oxygen atoms in total. The van der Waals surface area contributed by atoms with E-state index >= 15 is 0 Å². The van der Waals surface area contributed by atoms with Crippen LogP contribution in [0.3, 0.4) is 0 Å². The van der Waals surface area contributed by atoms with Gasteiger partial charge < -0.3 is 5.73 Å². The monoisotopic (exact) mass is 257 g/mol. The molecule has 2 rings (SSSR count). The van der Waals surface area contributed by atoms with Gasteiger partial charge in [-0.25, -0.2) is 0 Å². The van der Waals surface area contributed by atoms with E-state index in [0.29, 0.717) is 5.02 Å². The fourth-order valence-corrected chi connectivity index (χ4v) is 4.16. The van der Waals surface area contributed by atoms with Crippen LogP contribution in [0.25, 0.3) is 0 Å². The zero-order chi connectivity index (χ0) is 11.5. The van der Waals surface area contributed by atoms with Crippen molar-refractivity contribution in [2.45, 2.75) is 41.9 Å². The Morgan fingerprint density at radius 1 is 1.31 bits per heavy atom. The summed E-state index contributed by atoms with van der Waals surface area (Å²) in [6.45, 7) is 0. The zero-order valence-electron chi connectivity index (χ0n) is 9.06. The van der Waals surface area contributed by atoms with E-state index in [9.17, 15) is 4.21 Å². The highest BCUT2D eigenvalue weighted by molar-refractivity contribution is 7.85. The minimum Gasteiger partial charge on any atom is -0.328 e. The Hall–Kier alpha value is -0.380. The summed E-state index contributed by atoms with van der Waals surface area (Å²) in [6.07, 6.45) is 3.96. The van der Waals surface area contributed by atoms with Crippen LogP contribution in [0.15, 0.2) is 29.2 Å². The first-order valence-corrected chi connectivity index (χ1v) is 7.18. The molecule has 1 aromatic carbocycles. The summed E-state index contributed by atoms with van der Waals surface area (Å²) >= 11 is 6.05. The van der Waals surface area contributed by atoms with E-state index in [1.165, 1.54) is 0 Å². The molecule has 0 saturated heterocycles. The topological polar surface area (TPSA) is 43.1 Å². The molecule has 4 heteroatoms. The van der Waals surface area contributed by atoms with Crippen molar-refractivity contribution < 1.29 is 4.21 Å². The normalized spacial score (nSPS) is 27.6. The van der Waals surface area contributed by atoms with E-state index in [0.717, 1.165) is 30.6 Å². The molecule has 1 aromatic rings. The largest absolute Gasteiger partial charge is 0.328 e. The molecular weight excluding hydrogens is 242 g/mol. The van der Waals surface area contributed by atoms with Gasteiger partial charge in [-0.2, -0.15) is 0 Å². The van der Waals surface area contributed by atoms with Gasteiger partial charge in [0.2, 0.25) is 0 Å². The molecule has 0 heterocycles. The molecule has 1 fully saturated rings. The maximum absolute atomic E-state index is 12.3. The van der Waals surface area contributed by atoms with Gasteiger partial charge >= 0.3 is 0 Å². The van der Waals surface area contributed by atoms with Crippen LogP contribution in [-0.2, 0) is 10.8 Å². The highest BCUT2D eigenvalue weighted by Crippen LogP contribution is 2.28. The van der Waals surface area contributed by atoms with Crippen molar-refractivity contribution in [1.82, 2.24) is 0 Å². The van der Waals surface area contributed by atoms with E-state index in [4.69, 9.17) is 17.3 Å². The SMILES string of the molecule is NC1CCCC(S(=O)c2ccccc2Cl)C1. The number of nitrogens with two attached hydrogens (primary N) is 1. The van der Waals surface area contributed by atoms with Crippen molar-refractivity contribution >= 4 is 22.4 Å². The molecule has 2 N–H and O–H groups in total. The van der Waals surface area contributed by atoms with Crippen molar-refractivity contribution in [2.24, 2.45) is 5.73 Å². The van der Waals surface area contributed by atoms with Crippen LogP contribution in [-0.4, -0.2) is 15.5 Å². The maximum Gasteiger partial charge on any atom is 0.0577 e. The van der Waals surface area contributed by atoms with Gasteiger partial charge in [0.15, 0.2) is 0 Å². The molecule has 0 aliphatic heterocycles. The van der Waals surface area contributed by atoms with Crippen LogP contribution in [0.5, 0.6) is 0 Å². The van der Waals surface area contributed by atoms with Crippen LogP contribution >= 0.6 is 11.6 Å². The molecule has 0 amide bonds. The van der Waals surface area contributed by atoms with E-state index in [1.54, 1.807) is 6.07 Å². The summed E-state index contributed by atoms with van der Waals surface area (Å²) in [5.74, 6) is 0. The van der Waals surface area contributed by atoms with E-state index in [2.05, 4.69) is 0 Å². The van der Waals surface area contributed by atoms with Crippen molar-refractivity contribution in [3.8, 4) is 0 Å². The van der Waals surface area contributed by atoms with Gasteiger partial charge in [0.05, 0.1) is 20.7 Å². The van der Waals surface area contributed by atoms with Gasteiger partial charge in [0.1, 0.15) is 0 Å². The smallest absolute Gasteiger partial charge is 0.0577 e. The predicted octanol–water partition coefficient (Wildman–Crippen LogP) is 2.72. The van der Waals surface area contributed by atoms with E-state index in [1.807, 2.05) is 18.2 Å². The standard InChI is InChI=1S/C12H16ClNOS/c13-11-6-1-2-7-12(11)16(15)10-5-3-4-9(14)8-10/h1-2,6-7,9-10H,3-5,8,14H2. The average Bonchev–Trinajstić information content (AvgIpc) is 2.29. The molecule has 1 saturated carbocycles. The summed E-state index contributed by atoms with van der Waals surface area (Å²) in [4.78, 5) is 0.753. The molecule has 0 bridgehead atoms. The van der Waals surface area contributed by atoms with Crippen LogP contribution in [0.1, 0.15) is 25.7 Å². The third kappa shape index (κ3) is 2.65. The summed E-state index contributed by atoms with van der Waals surface area (Å²) < 4.78 is 12.3. The van der Waals surface area contributed by atoms with Crippen LogP contribution in [0.4, 0.5) is 0 Å².